The van der Waals surface area contributed by atoms with Crippen LogP contribution < -0.4 is 0 Å². The average Bonchev–Trinajstić information content (AvgIpc) is 2.57. The Hall–Kier alpha value is -0.860. The van der Waals surface area contributed by atoms with Crippen molar-refractivity contribution in [1.29, 1.82) is 0 Å². The average molecular weight is 208 g/mol. The molecule has 3 fully saturated rings. The van der Waals surface area contributed by atoms with Crippen LogP contribution in [0.3, 0.4) is 0 Å². The van der Waals surface area contributed by atoms with Crippen LogP contribution in [0.1, 0.15) is 38.5 Å². The minimum atomic E-state index is -0.705. The van der Waals surface area contributed by atoms with Gasteiger partial charge >= 0.3 is 5.97 Å². The Morgan fingerprint density at radius 2 is 2.13 bits per heavy atom. The van der Waals surface area contributed by atoms with Gasteiger partial charge in [0.2, 0.25) is 0 Å². The van der Waals surface area contributed by atoms with Gasteiger partial charge in [0.25, 0.3) is 0 Å². The molecule has 0 spiro atoms. The zero-order valence-corrected chi connectivity index (χ0v) is 8.74. The smallest absolute Gasteiger partial charge is 0.310 e. The minimum Gasteiger partial charge on any atom is -0.481 e. The predicted molar refractivity (Wildman–Crippen MR) is 53.2 cm³/mol. The highest BCUT2D eigenvalue weighted by molar-refractivity contribution is 5.92. The summed E-state index contributed by atoms with van der Waals surface area (Å²) in [6, 6.07) is 0. The van der Waals surface area contributed by atoms with Crippen LogP contribution in [0.4, 0.5) is 0 Å². The van der Waals surface area contributed by atoms with Gasteiger partial charge in [-0.15, -0.1) is 0 Å². The van der Waals surface area contributed by atoms with Crippen molar-refractivity contribution in [3.8, 4) is 0 Å². The van der Waals surface area contributed by atoms with Gasteiger partial charge in [-0.3, -0.25) is 9.59 Å². The van der Waals surface area contributed by atoms with E-state index in [-0.39, 0.29) is 11.7 Å². The lowest BCUT2D eigenvalue weighted by Crippen LogP contribution is -2.63. The maximum atomic E-state index is 11.8. The molecule has 0 aliphatic heterocycles. The second-order valence-corrected chi connectivity index (χ2v) is 5.34. The van der Waals surface area contributed by atoms with E-state index in [2.05, 4.69) is 0 Å². The fourth-order valence-corrected chi connectivity index (χ4v) is 4.50. The third kappa shape index (κ3) is 0.918. The molecule has 0 unspecified atom stereocenters. The van der Waals surface area contributed by atoms with Crippen LogP contribution in [0.25, 0.3) is 0 Å². The highest BCUT2D eigenvalue weighted by Crippen LogP contribution is 2.67. The van der Waals surface area contributed by atoms with Crippen molar-refractivity contribution in [1.82, 2.24) is 0 Å². The first-order valence-electron chi connectivity index (χ1n) is 5.94. The molecule has 0 aromatic heterocycles. The molecule has 0 amide bonds. The lowest BCUT2D eigenvalue weighted by Gasteiger charge is -2.58. The van der Waals surface area contributed by atoms with E-state index < -0.39 is 11.4 Å². The number of fused-ring (bicyclic) bond motifs is 4. The maximum Gasteiger partial charge on any atom is 0.310 e. The first kappa shape index (κ1) is 9.37. The lowest BCUT2D eigenvalue weighted by molar-refractivity contribution is -0.192. The molecule has 0 aromatic carbocycles. The molecular weight excluding hydrogens is 192 g/mol. The number of carbonyl (C=O) groups is 2. The highest BCUT2D eigenvalue weighted by Gasteiger charge is 2.69. The van der Waals surface area contributed by atoms with Crippen LogP contribution in [0, 0.1) is 23.2 Å². The van der Waals surface area contributed by atoms with Crippen LogP contribution in [-0.2, 0) is 9.59 Å². The van der Waals surface area contributed by atoms with Gasteiger partial charge in [-0.05, 0) is 37.5 Å². The molecule has 1 N–H and O–H groups in total. The summed E-state index contributed by atoms with van der Waals surface area (Å²) in [5.41, 5.74) is -0.642. The van der Waals surface area contributed by atoms with E-state index in [1.807, 2.05) is 0 Å². The third-order valence-electron chi connectivity index (χ3n) is 4.97. The van der Waals surface area contributed by atoms with Gasteiger partial charge in [0.15, 0.2) is 0 Å². The molecule has 0 radical (unpaired) electrons. The van der Waals surface area contributed by atoms with Crippen LogP contribution in [0.5, 0.6) is 0 Å². The molecule has 3 heteroatoms. The first-order valence-corrected chi connectivity index (χ1v) is 5.94. The van der Waals surface area contributed by atoms with E-state index in [9.17, 15) is 14.7 Å². The van der Waals surface area contributed by atoms with Crippen LogP contribution in [-0.4, -0.2) is 16.9 Å². The van der Waals surface area contributed by atoms with Gasteiger partial charge < -0.3 is 5.11 Å². The second kappa shape index (κ2) is 2.83. The van der Waals surface area contributed by atoms with Crippen molar-refractivity contribution in [3.63, 3.8) is 0 Å². The van der Waals surface area contributed by atoms with E-state index >= 15 is 0 Å². The van der Waals surface area contributed by atoms with Crippen LogP contribution in [0.2, 0.25) is 0 Å². The molecule has 3 aliphatic rings. The molecular formula is C12H16O3. The van der Waals surface area contributed by atoms with E-state index in [4.69, 9.17) is 0 Å². The molecule has 3 nitrogen and oxygen atoms in total. The van der Waals surface area contributed by atoms with Crippen molar-refractivity contribution >= 4 is 11.8 Å². The summed E-state index contributed by atoms with van der Waals surface area (Å²) >= 11 is 0. The summed E-state index contributed by atoms with van der Waals surface area (Å²) in [6.45, 7) is 0. The molecule has 3 aliphatic carbocycles. The minimum absolute atomic E-state index is 0.128. The summed E-state index contributed by atoms with van der Waals surface area (Å²) in [7, 11) is 0. The SMILES string of the molecule is O=C1CCC[C@]2(C(=O)O)[C@@H]3CCC[C@@H]3[C@H]12. The second-order valence-electron chi connectivity index (χ2n) is 5.34. The Bertz CT molecular complexity index is 334. The number of carboxylic acids is 1. The molecule has 15 heavy (non-hydrogen) atoms. The van der Waals surface area contributed by atoms with E-state index in [1.165, 1.54) is 0 Å². The van der Waals surface area contributed by atoms with Crippen LogP contribution >= 0.6 is 0 Å². The standard InChI is InChI=1S/C12H16O3/c13-9-5-2-6-12(11(14)15)8-4-1-3-7(8)10(9)12/h7-8,10H,1-6H2,(H,14,15)/t7-,8+,10+,12-/m0/s1. The quantitative estimate of drug-likeness (QED) is 0.715. The largest absolute Gasteiger partial charge is 0.481 e. The molecule has 0 saturated heterocycles. The van der Waals surface area contributed by atoms with Gasteiger partial charge in [-0.2, -0.15) is 0 Å². The number of aliphatic carboxylic acids is 1. The van der Waals surface area contributed by atoms with E-state index in [1.54, 1.807) is 0 Å². The van der Waals surface area contributed by atoms with Gasteiger partial charge in [0.05, 0.1) is 5.41 Å². The number of carboxylic acid groups (broad SMARTS) is 1. The Kier molecular flexibility index (Phi) is 1.77. The molecule has 4 atom stereocenters. The Balaban J connectivity index is 2.01. The Labute approximate surface area is 88.9 Å². The fraction of sp³-hybridized carbons (Fsp3) is 0.833. The Morgan fingerprint density at radius 1 is 1.33 bits per heavy atom. The number of hydrogen-bond donors (Lipinski definition) is 1. The lowest BCUT2D eigenvalue weighted by atomic mass is 9.43. The highest BCUT2D eigenvalue weighted by atomic mass is 16.4. The van der Waals surface area contributed by atoms with Crippen molar-refractivity contribution in [3.05, 3.63) is 0 Å². The van der Waals surface area contributed by atoms with Crippen molar-refractivity contribution in [2.24, 2.45) is 23.2 Å². The van der Waals surface area contributed by atoms with Crippen molar-refractivity contribution in [2.75, 3.05) is 0 Å². The van der Waals surface area contributed by atoms with E-state index in [0.29, 0.717) is 18.3 Å². The number of ketones is 1. The molecule has 0 bridgehead atoms. The zero-order valence-electron chi connectivity index (χ0n) is 8.74. The number of rotatable bonds is 1. The summed E-state index contributed by atoms with van der Waals surface area (Å²) in [6.07, 6.45) is 5.36. The number of Topliss-reactive ketones (excluding diaryl/α,β-unsaturated/α-hetero) is 1. The zero-order chi connectivity index (χ0) is 10.6. The molecule has 0 aromatic rings. The van der Waals surface area contributed by atoms with Gasteiger partial charge in [0, 0.05) is 12.3 Å². The predicted octanol–water partition coefficient (Wildman–Crippen LogP) is 1.86. The van der Waals surface area contributed by atoms with Gasteiger partial charge in [-0.25, -0.2) is 0 Å². The molecule has 3 rings (SSSR count). The fourth-order valence-electron chi connectivity index (χ4n) is 4.50. The molecule has 3 saturated carbocycles. The topological polar surface area (TPSA) is 54.4 Å². The van der Waals surface area contributed by atoms with Crippen molar-refractivity contribution < 1.29 is 14.7 Å². The van der Waals surface area contributed by atoms with Crippen LogP contribution in [0.15, 0.2) is 0 Å². The molecule has 0 heterocycles. The van der Waals surface area contributed by atoms with Gasteiger partial charge in [-0.1, -0.05) is 6.42 Å². The Morgan fingerprint density at radius 3 is 2.87 bits per heavy atom. The third-order valence-corrected chi connectivity index (χ3v) is 4.97. The maximum absolute atomic E-state index is 11.8. The number of hydrogen-bond acceptors (Lipinski definition) is 2. The van der Waals surface area contributed by atoms with Gasteiger partial charge in [0.1, 0.15) is 5.78 Å². The van der Waals surface area contributed by atoms with Crippen molar-refractivity contribution in [2.45, 2.75) is 38.5 Å². The number of carbonyl (C=O) groups excluding carboxylic acids is 1. The monoisotopic (exact) mass is 208 g/mol. The summed E-state index contributed by atoms with van der Waals surface area (Å²) in [5.74, 6) is 0.116. The molecule has 82 valence electrons. The van der Waals surface area contributed by atoms with E-state index in [0.717, 1.165) is 32.1 Å². The summed E-state index contributed by atoms with van der Waals surface area (Å²) in [5, 5.41) is 9.43. The summed E-state index contributed by atoms with van der Waals surface area (Å²) in [4.78, 5) is 23.3. The first-order chi connectivity index (χ1) is 7.18. The normalized spacial score (nSPS) is 48.0. The summed E-state index contributed by atoms with van der Waals surface area (Å²) < 4.78 is 0.